The maximum absolute atomic E-state index is 12.3. The van der Waals surface area contributed by atoms with Crippen LogP contribution in [0.2, 0.25) is 10.8 Å². The third-order valence-corrected chi connectivity index (χ3v) is 22.4. The summed E-state index contributed by atoms with van der Waals surface area (Å²) >= 11 is 2.03. The van der Waals surface area contributed by atoms with Crippen LogP contribution in [0.1, 0.15) is 486 Å². The summed E-state index contributed by atoms with van der Waals surface area (Å²) in [6.45, 7) is 16.1. The summed E-state index contributed by atoms with van der Waals surface area (Å²) in [7, 11) is 0. The zero-order valence-electron chi connectivity index (χ0n) is 65.5. The summed E-state index contributed by atoms with van der Waals surface area (Å²) in [5, 5.41) is 2.86. The molecule has 554 valence electrons. The van der Waals surface area contributed by atoms with Crippen LogP contribution in [0.4, 0.5) is 0 Å². The van der Waals surface area contributed by atoms with Crippen LogP contribution in [0.5, 0.6) is 0 Å². The number of hydrogen-bond acceptors (Lipinski definition) is 0. The molecule has 0 N–H and O–H groups in total. The molecule has 0 amide bonds. The molecule has 95 heavy (non-hydrogen) atoms. The molecule has 1 aliphatic rings. The van der Waals surface area contributed by atoms with Crippen molar-refractivity contribution in [2.75, 3.05) is 0 Å². The van der Waals surface area contributed by atoms with E-state index < -0.39 is 0 Å². The first-order chi connectivity index (χ1) is 47.0. The van der Waals surface area contributed by atoms with Crippen molar-refractivity contribution in [3.8, 4) is 0 Å². The molecule has 1 aliphatic heterocycles. The maximum atomic E-state index is 12.3. The predicted octanol–water partition coefficient (Wildman–Crippen LogP) is 33.3. The van der Waals surface area contributed by atoms with E-state index in [-0.39, 0.29) is 0 Å². The standard InChI is InChI=1S/C66H112N2.2C13H27.Ni/c1-6-11-16-18-20-22-24-26-28-30-32-34-36-38-40-42-44-48-60-51-58(46-13-8-3)53-63(54-60)65-57-62(50-15-10-5)66(68(65)67)64-55-59(47-14-9-4)52-61(56-64)49-45-43-41-39-37-35-33-31-29-27-25-23-21-19-17-12-7-2;2*1-3-5-7-9-11-13-12-10-8-6-4-2;/h51-57H,6-50H2,1-5H3;2*1,3-13H2,2H3;. The Morgan fingerprint density at radius 2 is 0.442 bits per heavy atom. The van der Waals surface area contributed by atoms with Gasteiger partial charge in [0.05, 0.1) is 0 Å². The van der Waals surface area contributed by atoms with E-state index in [0.29, 0.717) is 0 Å². The van der Waals surface area contributed by atoms with E-state index >= 15 is 0 Å². The first-order valence-electron chi connectivity index (χ1n) is 43.6. The van der Waals surface area contributed by atoms with Crippen molar-refractivity contribution < 1.29 is 19.1 Å². The fourth-order valence-corrected chi connectivity index (χ4v) is 15.8. The molecule has 0 aromatic heterocycles. The van der Waals surface area contributed by atoms with Gasteiger partial charge in [-0.25, -0.2) is 4.70 Å². The minimum atomic E-state index is 0.974. The quantitative estimate of drug-likeness (QED) is 0.0358. The molecule has 0 radical (unpaired) electrons. The van der Waals surface area contributed by atoms with Crippen molar-refractivity contribution in [1.29, 1.82) is 0 Å². The smallest absolute Gasteiger partial charge is 0.0654 e. The molecular weight excluding hydrogens is 1190 g/mol. The Hall–Kier alpha value is -1.99. The van der Waals surface area contributed by atoms with Crippen LogP contribution in [0, 0.1) is 0 Å². The van der Waals surface area contributed by atoms with E-state index in [1.165, 1.54) is 435 Å². The van der Waals surface area contributed by atoms with Crippen molar-refractivity contribution in [3.05, 3.63) is 87.0 Å². The number of aryl methyl sites for hydroxylation is 4. The average molecular weight is 1360 g/mol. The molecule has 0 bridgehead atoms. The van der Waals surface area contributed by atoms with Gasteiger partial charge in [-0.15, -0.1) is 0 Å². The second-order valence-corrected chi connectivity index (χ2v) is 31.9. The van der Waals surface area contributed by atoms with Crippen LogP contribution < -0.4 is 0 Å². The Kier molecular flexibility index (Phi) is 64.8. The molecular formula is C92H166N2Ni. The van der Waals surface area contributed by atoms with E-state index in [1.807, 2.05) is 14.4 Å². The van der Waals surface area contributed by atoms with Gasteiger partial charge in [0.2, 0.25) is 11.4 Å². The summed E-state index contributed by atoms with van der Waals surface area (Å²) in [5.74, 6) is 0. The van der Waals surface area contributed by atoms with Crippen molar-refractivity contribution in [1.82, 2.24) is 0 Å². The fourth-order valence-electron chi connectivity index (χ4n) is 14.6. The van der Waals surface area contributed by atoms with Gasteiger partial charge in [-0.05, 0) is 111 Å². The number of rotatable bonds is 71. The van der Waals surface area contributed by atoms with Crippen molar-refractivity contribution in [2.24, 2.45) is 0 Å². The van der Waals surface area contributed by atoms with Crippen LogP contribution in [-0.4, -0.2) is 4.70 Å². The van der Waals surface area contributed by atoms with Crippen LogP contribution in [0.15, 0.2) is 48.0 Å². The van der Waals surface area contributed by atoms with Gasteiger partial charge in [0.15, 0.2) is 0 Å². The summed E-state index contributed by atoms with van der Waals surface area (Å²) < 4.78 is 1.60. The second-order valence-electron chi connectivity index (χ2n) is 30.5. The van der Waals surface area contributed by atoms with Crippen molar-refractivity contribution >= 4 is 11.4 Å². The number of hydrogen-bond donors (Lipinski definition) is 0. The third kappa shape index (κ3) is 51.8. The SMILES string of the molecule is CCCCCCCCCCCCCCCCCCCc1cc(CCCC)cc(C2=CC(CCCC)=C(c3cc(CCCC)cc(CCCCCCCCCCCCCCCCCCC)c3)[N+]2=[N-])c1.CCCCCCCCCCCC[CH2][Ni][CH2]CCCCCCCCCCCC. The Morgan fingerprint density at radius 3 is 0.705 bits per heavy atom. The normalized spacial score (nSPS) is 12.5. The van der Waals surface area contributed by atoms with E-state index in [9.17, 15) is 5.53 Å². The monoisotopic (exact) mass is 1360 g/mol. The number of benzene rings is 2. The molecule has 0 spiro atoms. The first kappa shape index (κ1) is 89.1. The molecule has 0 fully saturated rings. The zero-order chi connectivity index (χ0) is 68.2. The molecule has 1 heterocycles. The van der Waals surface area contributed by atoms with Gasteiger partial charge in [0, 0.05) is 22.8 Å². The molecule has 3 rings (SSSR count). The molecule has 2 aromatic carbocycles. The van der Waals surface area contributed by atoms with Gasteiger partial charge in [0.25, 0.3) is 0 Å². The Balaban J connectivity index is 0.000000952. The Labute approximate surface area is 603 Å². The molecule has 2 nitrogen and oxygen atoms in total. The summed E-state index contributed by atoms with van der Waals surface area (Å²) in [5.41, 5.74) is 23.8. The van der Waals surface area contributed by atoms with E-state index in [1.54, 1.807) is 4.70 Å². The number of unbranched alkanes of at least 4 members (excludes halogenated alkanes) is 55. The van der Waals surface area contributed by atoms with Gasteiger partial charge < -0.3 is 5.53 Å². The van der Waals surface area contributed by atoms with Gasteiger partial charge in [-0.3, -0.25) is 0 Å². The molecule has 0 aliphatic carbocycles. The van der Waals surface area contributed by atoms with Crippen LogP contribution in [0.3, 0.4) is 0 Å². The zero-order valence-corrected chi connectivity index (χ0v) is 66.5. The number of allylic oxidation sites excluding steroid dienone is 2. The summed E-state index contributed by atoms with van der Waals surface area (Å²) in [4.78, 5) is 0. The van der Waals surface area contributed by atoms with E-state index in [2.05, 4.69) is 90.9 Å². The second kappa shape index (κ2) is 69.1. The van der Waals surface area contributed by atoms with E-state index in [0.717, 1.165) is 56.3 Å². The summed E-state index contributed by atoms with van der Waals surface area (Å²) in [6, 6.07) is 14.6. The fraction of sp³-hybridized carbons (Fsp3) is 0.826. The molecule has 3 heteroatoms. The molecule has 0 saturated carbocycles. The molecule has 0 unspecified atom stereocenters. The van der Waals surface area contributed by atoms with Crippen LogP contribution in [-0.2, 0) is 40.1 Å². The molecule has 0 saturated heterocycles. The van der Waals surface area contributed by atoms with Gasteiger partial charge >= 0.3 is 166 Å². The van der Waals surface area contributed by atoms with Crippen LogP contribution in [0.25, 0.3) is 16.9 Å². The Bertz CT molecular complexity index is 2020. The van der Waals surface area contributed by atoms with Crippen molar-refractivity contribution in [3.63, 3.8) is 0 Å². The minimum absolute atomic E-state index is 0.974. The Morgan fingerprint density at radius 1 is 0.232 bits per heavy atom. The average Bonchev–Trinajstić information content (AvgIpc) is 1.66. The van der Waals surface area contributed by atoms with Gasteiger partial charge in [-0.1, -0.05) is 285 Å². The minimum Gasteiger partial charge on any atom is -0.0654 e. The predicted molar refractivity (Wildman–Crippen MR) is 426 cm³/mol. The van der Waals surface area contributed by atoms with Gasteiger partial charge in [-0.2, -0.15) is 0 Å². The third-order valence-electron chi connectivity index (χ3n) is 21.0. The molecule has 2 aromatic rings. The molecule has 0 atom stereocenters. The summed E-state index contributed by atoms with van der Waals surface area (Å²) in [6.07, 6.45) is 95.2. The number of nitrogens with zero attached hydrogens (tertiary/aromatic N) is 2. The van der Waals surface area contributed by atoms with Gasteiger partial charge in [0.1, 0.15) is 0 Å². The van der Waals surface area contributed by atoms with Crippen molar-refractivity contribution in [2.45, 2.75) is 489 Å². The van der Waals surface area contributed by atoms with Crippen LogP contribution >= 0.6 is 0 Å². The van der Waals surface area contributed by atoms with E-state index in [4.69, 9.17) is 0 Å². The topological polar surface area (TPSA) is 25.3 Å². The first-order valence-corrected chi connectivity index (χ1v) is 45.0.